The van der Waals surface area contributed by atoms with E-state index in [0.29, 0.717) is 6.54 Å². The topological polar surface area (TPSA) is 46.4 Å². The Hall–Kier alpha value is -2.14. The molecule has 1 N–H and O–H groups in total. The molecule has 2 aromatic heterocycles. The number of hydrogen-bond donors (Lipinski definition) is 1. The number of aryl methyl sites for hydroxylation is 2. The Morgan fingerprint density at radius 3 is 3.09 bits per heavy atom. The molecule has 0 bridgehead atoms. The number of nitrogens with one attached hydrogen (secondary N) is 1. The predicted molar refractivity (Wildman–Crippen MR) is 94.5 cm³/mol. The molecule has 118 valence electrons. The zero-order valence-electron chi connectivity index (χ0n) is 13.1. The average Bonchev–Trinajstić information content (AvgIpc) is 2.94. The molecule has 0 aliphatic heterocycles. The van der Waals surface area contributed by atoms with Crippen LogP contribution in [0, 0.1) is 6.92 Å². The van der Waals surface area contributed by atoms with Crippen LogP contribution >= 0.6 is 11.3 Å². The fraction of sp³-hybridized carbons (Fsp3) is 0.333. The molecule has 0 spiro atoms. The summed E-state index contributed by atoms with van der Waals surface area (Å²) in [6.45, 7) is 2.51. The quantitative estimate of drug-likeness (QED) is 0.801. The lowest BCUT2D eigenvalue weighted by molar-refractivity contribution is 0.686. The summed E-state index contributed by atoms with van der Waals surface area (Å²) < 4.78 is 1.67. The summed E-state index contributed by atoms with van der Waals surface area (Å²) in [5.74, 6) is 0. The van der Waals surface area contributed by atoms with Crippen molar-refractivity contribution in [3.05, 3.63) is 62.5 Å². The minimum atomic E-state index is 0.000593. The van der Waals surface area contributed by atoms with E-state index in [-0.39, 0.29) is 5.56 Å². The lowest BCUT2D eigenvalue weighted by atomic mass is 9.90. The van der Waals surface area contributed by atoms with Gasteiger partial charge in [0.15, 0.2) is 4.96 Å². The first-order valence-corrected chi connectivity index (χ1v) is 8.92. The van der Waals surface area contributed by atoms with Crippen LogP contribution in [0.1, 0.15) is 35.4 Å². The minimum Gasteiger partial charge on any atom is -0.379 e. The van der Waals surface area contributed by atoms with Crippen LogP contribution in [0.15, 0.2) is 34.4 Å². The lowest BCUT2D eigenvalue weighted by Gasteiger charge is -2.20. The molecule has 0 atom stereocenters. The highest BCUT2D eigenvalue weighted by atomic mass is 32.1. The first-order chi connectivity index (χ1) is 11.2. The van der Waals surface area contributed by atoms with Gasteiger partial charge in [-0.2, -0.15) is 0 Å². The van der Waals surface area contributed by atoms with Gasteiger partial charge in [-0.15, -0.1) is 11.3 Å². The predicted octanol–water partition coefficient (Wildman–Crippen LogP) is 3.56. The SMILES string of the molecule is Cc1csc2nc(CNc3cccc4c3CCCC4)cc(=O)n12. The third-order valence-electron chi connectivity index (χ3n) is 4.48. The molecular formula is C18H19N3OS. The molecule has 3 aromatic rings. The van der Waals surface area contributed by atoms with Gasteiger partial charge in [-0.25, -0.2) is 4.98 Å². The van der Waals surface area contributed by atoms with Crippen LogP contribution in [0.4, 0.5) is 5.69 Å². The van der Waals surface area contributed by atoms with Crippen LogP contribution in [0.3, 0.4) is 0 Å². The molecule has 23 heavy (non-hydrogen) atoms. The monoisotopic (exact) mass is 325 g/mol. The molecule has 0 amide bonds. The Morgan fingerprint density at radius 1 is 1.30 bits per heavy atom. The molecule has 0 saturated carbocycles. The fourth-order valence-corrected chi connectivity index (χ4v) is 4.21. The highest BCUT2D eigenvalue weighted by Gasteiger charge is 2.13. The van der Waals surface area contributed by atoms with Gasteiger partial charge < -0.3 is 5.32 Å². The highest BCUT2D eigenvalue weighted by molar-refractivity contribution is 7.15. The summed E-state index contributed by atoms with van der Waals surface area (Å²) >= 11 is 1.51. The second-order valence-corrected chi connectivity index (χ2v) is 6.92. The Kier molecular flexibility index (Phi) is 3.65. The van der Waals surface area contributed by atoms with Gasteiger partial charge in [0.05, 0.1) is 12.2 Å². The van der Waals surface area contributed by atoms with Crippen LogP contribution in [0.25, 0.3) is 4.96 Å². The van der Waals surface area contributed by atoms with Crippen molar-refractivity contribution in [1.82, 2.24) is 9.38 Å². The van der Waals surface area contributed by atoms with E-state index in [4.69, 9.17) is 0 Å². The maximum atomic E-state index is 12.2. The van der Waals surface area contributed by atoms with Crippen LogP contribution in [0.2, 0.25) is 0 Å². The normalized spacial score (nSPS) is 14.0. The number of anilines is 1. The fourth-order valence-electron chi connectivity index (χ4n) is 3.32. The molecule has 2 heterocycles. The van der Waals surface area contributed by atoms with Gasteiger partial charge in [0.25, 0.3) is 5.56 Å². The number of thiazole rings is 1. The van der Waals surface area contributed by atoms with Crippen LogP contribution in [-0.2, 0) is 19.4 Å². The Morgan fingerprint density at radius 2 is 2.17 bits per heavy atom. The first-order valence-electron chi connectivity index (χ1n) is 8.04. The molecule has 1 aromatic carbocycles. The van der Waals surface area contributed by atoms with E-state index in [9.17, 15) is 4.79 Å². The number of aromatic nitrogens is 2. The van der Waals surface area contributed by atoms with Gasteiger partial charge in [-0.1, -0.05) is 12.1 Å². The molecule has 5 heteroatoms. The smallest absolute Gasteiger partial charge is 0.259 e. The summed E-state index contributed by atoms with van der Waals surface area (Å²) in [6.07, 6.45) is 4.84. The first kappa shape index (κ1) is 14.5. The van der Waals surface area contributed by atoms with Crippen molar-refractivity contribution in [3.8, 4) is 0 Å². The maximum Gasteiger partial charge on any atom is 0.259 e. The highest BCUT2D eigenvalue weighted by Crippen LogP contribution is 2.28. The number of rotatable bonds is 3. The number of fused-ring (bicyclic) bond motifs is 2. The van der Waals surface area contributed by atoms with Crippen molar-refractivity contribution in [3.63, 3.8) is 0 Å². The molecule has 4 nitrogen and oxygen atoms in total. The maximum absolute atomic E-state index is 12.2. The van der Waals surface area contributed by atoms with E-state index in [1.165, 1.54) is 47.4 Å². The standard InChI is InChI=1S/C18H19N3OS/c1-12-11-23-18-20-14(9-17(22)21(12)18)10-19-16-8-4-6-13-5-2-3-7-15(13)16/h4,6,8-9,11,19H,2-3,5,7,10H2,1H3. The van der Waals surface area contributed by atoms with Gasteiger partial charge in [0.1, 0.15) is 0 Å². The van der Waals surface area contributed by atoms with E-state index in [1.807, 2.05) is 12.3 Å². The molecule has 1 aliphatic rings. The average molecular weight is 325 g/mol. The summed E-state index contributed by atoms with van der Waals surface area (Å²) in [4.78, 5) is 17.6. The van der Waals surface area contributed by atoms with Crippen molar-refractivity contribution in [1.29, 1.82) is 0 Å². The van der Waals surface area contributed by atoms with Crippen molar-refractivity contribution < 1.29 is 0 Å². The number of hydrogen-bond acceptors (Lipinski definition) is 4. The van der Waals surface area contributed by atoms with Crippen molar-refractivity contribution >= 4 is 22.0 Å². The van der Waals surface area contributed by atoms with E-state index in [1.54, 1.807) is 10.5 Å². The summed E-state index contributed by atoms with van der Waals surface area (Å²) in [6, 6.07) is 8.10. The second-order valence-electron chi connectivity index (χ2n) is 6.08. The Bertz CT molecular complexity index is 926. The molecule has 0 saturated heterocycles. The van der Waals surface area contributed by atoms with Crippen molar-refractivity contribution in [2.75, 3.05) is 5.32 Å². The summed E-state index contributed by atoms with van der Waals surface area (Å²) in [5, 5.41) is 5.45. The Labute approximate surface area is 138 Å². The molecule has 0 fully saturated rings. The molecule has 1 aliphatic carbocycles. The molecule has 4 rings (SSSR count). The number of benzene rings is 1. The van der Waals surface area contributed by atoms with Crippen LogP contribution < -0.4 is 10.9 Å². The molecule has 0 radical (unpaired) electrons. The third kappa shape index (κ3) is 2.65. The van der Waals surface area contributed by atoms with Crippen molar-refractivity contribution in [2.24, 2.45) is 0 Å². The zero-order chi connectivity index (χ0) is 15.8. The van der Waals surface area contributed by atoms with E-state index >= 15 is 0 Å². The van der Waals surface area contributed by atoms with Gasteiger partial charge >= 0.3 is 0 Å². The molecule has 0 unspecified atom stereocenters. The summed E-state index contributed by atoms with van der Waals surface area (Å²) in [7, 11) is 0. The lowest BCUT2D eigenvalue weighted by Crippen LogP contribution is -2.17. The van der Waals surface area contributed by atoms with Gasteiger partial charge in [0, 0.05) is 22.8 Å². The Balaban J connectivity index is 1.61. The largest absolute Gasteiger partial charge is 0.379 e. The van der Waals surface area contributed by atoms with E-state index in [2.05, 4.69) is 28.5 Å². The van der Waals surface area contributed by atoms with E-state index in [0.717, 1.165) is 22.8 Å². The molecular weight excluding hydrogens is 306 g/mol. The van der Waals surface area contributed by atoms with Crippen LogP contribution in [-0.4, -0.2) is 9.38 Å². The van der Waals surface area contributed by atoms with Crippen LogP contribution in [0.5, 0.6) is 0 Å². The minimum absolute atomic E-state index is 0.000593. The summed E-state index contributed by atoms with van der Waals surface area (Å²) in [5.41, 5.74) is 5.82. The van der Waals surface area contributed by atoms with Crippen molar-refractivity contribution in [2.45, 2.75) is 39.2 Å². The van der Waals surface area contributed by atoms with Gasteiger partial charge in [-0.05, 0) is 49.8 Å². The zero-order valence-corrected chi connectivity index (χ0v) is 13.9. The van der Waals surface area contributed by atoms with Gasteiger partial charge in [-0.3, -0.25) is 9.20 Å². The van der Waals surface area contributed by atoms with E-state index < -0.39 is 0 Å². The van der Waals surface area contributed by atoms with Gasteiger partial charge in [0.2, 0.25) is 0 Å². The number of nitrogens with zero attached hydrogens (tertiary/aromatic N) is 2. The second kappa shape index (κ2) is 5.81. The third-order valence-corrected chi connectivity index (χ3v) is 5.43.